The van der Waals surface area contributed by atoms with E-state index in [0.29, 0.717) is 12.2 Å². The lowest BCUT2D eigenvalue weighted by Gasteiger charge is -2.14. The van der Waals surface area contributed by atoms with Crippen LogP contribution in [0.5, 0.6) is 5.75 Å². The Morgan fingerprint density at radius 2 is 2.14 bits per heavy atom. The molecule has 0 aliphatic rings. The van der Waals surface area contributed by atoms with Gasteiger partial charge in [0.1, 0.15) is 11.5 Å². The maximum Gasteiger partial charge on any atom is 0.240 e. The average molecular weight is 330 g/mol. The zero-order valence-corrected chi connectivity index (χ0v) is 13.2. The van der Waals surface area contributed by atoms with E-state index >= 15 is 0 Å². The molecule has 0 saturated heterocycles. The molecule has 0 unspecified atom stereocenters. The van der Waals surface area contributed by atoms with Crippen LogP contribution in [0.15, 0.2) is 45.9 Å². The highest BCUT2D eigenvalue weighted by molar-refractivity contribution is 7.89. The topological polar surface area (TPSA) is 68.5 Å². The van der Waals surface area contributed by atoms with Crippen LogP contribution in [-0.4, -0.2) is 21.6 Å². The van der Waals surface area contributed by atoms with Crippen molar-refractivity contribution in [3.8, 4) is 5.75 Å². The van der Waals surface area contributed by atoms with Gasteiger partial charge in [-0.3, -0.25) is 0 Å². The Hall–Kier alpha value is -1.50. The van der Waals surface area contributed by atoms with Gasteiger partial charge in [0.15, 0.2) is 0 Å². The lowest BCUT2D eigenvalue weighted by atomic mass is 10.2. The normalized spacial score (nSPS) is 13.1. The first kappa shape index (κ1) is 15.9. The molecule has 0 fully saturated rings. The summed E-state index contributed by atoms with van der Waals surface area (Å²) >= 11 is 5.96. The Morgan fingerprint density at radius 3 is 2.71 bits per heavy atom. The fourth-order valence-electron chi connectivity index (χ4n) is 1.92. The maximum absolute atomic E-state index is 12.3. The number of nitrogens with one attached hydrogen (secondary N) is 1. The standard InChI is InChI=1S/C14H16ClNO4S/c1-10(8-11-4-3-7-20-11)16-21(17,18)12-5-6-14(19-2)13(15)9-12/h3-7,9-10,16H,8H2,1-2H3/t10-/m1/s1. The van der Waals surface area contributed by atoms with Crippen LogP contribution in [0, 0.1) is 0 Å². The minimum absolute atomic E-state index is 0.0968. The molecule has 5 nitrogen and oxygen atoms in total. The van der Waals surface area contributed by atoms with Gasteiger partial charge in [-0.25, -0.2) is 13.1 Å². The second kappa shape index (κ2) is 6.51. The zero-order valence-electron chi connectivity index (χ0n) is 11.7. The molecule has 7 heteroatoms. The highest BCUT2D eigenvalue weighted by atomic mass is 35.5. The van der Waals surface area contributed by atoms with Crippen molar-refractivity contribution in [2.75, 3.05) is 7.11 Å². The second-order valence-corrected chi connectivity index (χ2v) is 6.72. The predicted molar refractivity (Wildman–Crippen MR) is 80.2 cm³/mol. The monoisotopic (exact) mass is 329 g/mol. The third kappa shape index (κ3) is 4.00. The van der Waals surface area contributed by atoms with Crippen LogP contribution in [0.4, 0.5) is 0 Å². The summed E-state index contributed by atoms with van der Waals surface area (Å²) in [7, 11) is -2.17. The third-order valence-electron chi connectivity index (χ3n) is 2.88. The summed E-state index contributed by atoms with van der Waals surface area (Å²) in [5.74, 6) is 1.15. The SMILES string of the molecule is COc1ccc(S(=O)(=O)N[C@H](C)Cc2ccco2)cc1Cl. The van der Waals surface area contributed by atoms with E-state index in [2.05, 4.69) is 4.72 Å². The molecular formula is C14H16ClNO4S. The van der Waals surface area contributed by atoms with Crippen molar-refractivity contribution in [3.63, 3.8) is 0 Å². The van der Waals surface area contributed by atoms with Crippen LogP contribution in [0.2, 0.25) is 5.02 Å². The Labute approximate surface area is 128 Å². The molecule has 0 aliphatic carbocycles. The highest BCUT2D eigenvalue weighted by Gasteiger charge is 2.19. The minimum Gasteiger partial charge on any atom is -0.495 e. The number of halogens is 1. The first-order chi connectivity index (χ1) is 9.92. The summed E-state index contributed by atoms with van der Waals surface area (Å²) in [4.78, 5) is 0.0968. The zero-order chi connectivity index (χ0) is 15.5. The van der Waals surface area contributed by atoms with Crippen LogP contribution in [0.3, 0.4) is 0 Å². The molecule has 0 amide bonds. The third-order valence-corrected chi connectivity index (χ3v) is 4.76. The second-order valence-electron chi connectivity index (χ2n) is 4.60. The molecule has 1 heterocycles. The number of ether oxygens (including phenoxy) is 1. The Kier molecular flexibility index (Phi) is 4.92. The summed E-state index contributed by atoms with van der Waals surface area (Å²) in [5.41, 5.74) is 0. The molecule has 1 aromatic carbocycles. The first-order valence-corrected chi connectivity index (χ1v) is 8.17. The molecule has 1 N–H and O–H groups in total. The Bertz CT molecular complexity index is 698. The molecule has 0 spiro atoms. The molecule has 1 atom stereocenters. The Morgan fingerprint density at radius 1 is 1.38 bits per heavy atom. The largest absolute Gasteiger partial charge is 0.495 e. The van der Waals surface area contributed by atoms with Crippen LogP contribution in [0.25, 0.3) is 0 Å². The number of hydrogen-bond donors (Lipinski definition) is 1. The molecule has 0 saturated carbocycles. The molecular weight excluding hydrogens is 314 g/mol. The summed E-state index contributed by atoms with van der Waals surface area (Å²) in [5, 5.41) is 0.249. The van der Waals surface area contributed by atoms with Crippen LogP contribution in [0.1, 0.15) is 12.7 Å². The van der Waals surface area contributed by atoms with Crippen molar-refractivity contribution in [2.45, 2.75) is 24.3 Å². The van der Waals surface area contributed by atoms with Gasteiger partial charge in [0.05, 0.1) is 23.3 Å². The van der Waals surface area contributed by atoms with Gasteiger partial charge in [-0.2, -0.15) is 0 Å². The molecule has 0 radical (unpaired) electrons. The lowest BCUT2D eigenvalue weighted by Crippen LogP contribution is -2.34. The predicted octanol–water partition coefficient (Wildman–Crippen LogP) is 2.85. The van der Waals surface area contributed by atoms with E-state index in [9.17, 15) is 8.42 Å². The van der Waals surface area contributed by atoms with E-state index in [-0.39, 0.29) is 16.0 Å². The van der Waals surface area contributed by atoms with Gasteiger partial charge in [0, 0.05) is 12.5 Å². The number of benzene rings is 1. The van der Waals surface area contributed by atoms with Crippen LogP contribution < -0.4 is 9.46 Å². The smallest absolute Gasteiger partial charge is 0.240 e. The Balaban J connectivity index is 2.12. The molecule has 21 heavy (non-hydrogen) atoms. The lowest BCUT2D eigenvalue weighted by molar-refractivity contribution is 0.414. The van der Waals surface area contributed by atoms with Gasteiger partial charge in [0.25, 0.3) is 0 Å². The summed E-state index contributed by atoms with van der Waals surface area (Å²) < 4.78 is 37.4. The maximum atomic E-state index is 12.3. The van der Waals surface area contributed by atoms with Gasteiger partial charge >= 0.3 is 0 Å². The van der Waals surface area contributed by atoms with Crippen LogP contribution >= 0.6 is 11.6 Å². The van der Waals surface area contributed by atoms with Crippen molar-refractivity contribution < 1.29 is 17.6 Å². The number of hydrogen-bond acceptors (Lipinski definition) is 4. The van der Waals surface area contributed by atoms with Crippen LogP contribution in [-0.2, 0) is 16.4 Å². The summed E-state index contributed by atoms with van der Waals surface area (Å²) in [6.07, 6.45) is 2.02. The molecule has 1 aromatic heterocycles. The number of rotatable bonds is 6. The van der Waals surface area contributed by atoms with Crippen molar-refractivity contribution in [3.05, 3.63) is 47.4 Å². The number of sulfonamides is 1. The quantitative estimate of drug-likeness (QED) is 0.884. The van der Waals surface area contributed by atoms with Gasteiger partial charge in [-0.15, -0.1) is 0 Å². The van der Waals surface area contributed by atoms with Crippen molar-refractivity contribution >= 4 is 21.6 Å². The van der Waals surface area contributed by atoms with Crippen molar-refractivity contribution in [1.82, 2.24) is 4.72 Å². The van der Waals surface area contributed by atoms with Gasteiger partial charge in [-0.1, -0.05) is 11.6 Å². The van der Waals surface area contributed by atoms with E-state index in [4.69, 9.17) is 20.8 Å². The highest BCUT2D eigenvalue weighted by Crippen LogP contribution is 2.27. The van der Waals surface area contributed by atoms with Crippen molar-refractivity contribution in [2.24, 2.45) is 0 Å². The fraction of sp³-hybridized carbons (Fsp3) is 0.286. The molecule has 0 aliphatic heterocycles. The van der Waals surface area contributed by atoms with E-state index in [0.717, 1.165) is 5.76 Å². The van der Waals surface area contributed by atoms with E-state index in [1.807, 2.05) is 0 Å². The van der Waals surface area contributed by atoms with E-state index < -0.39 is 10.0 Å². The molecule has 2 rings (SSSR count). The van der Waals surface area contributed by atoms with Gasteiger partial charge < -0.3 is 9.15 Å². The van der Waals surface area contributed by atoms with Gasteiger partial charge in [0.2, 0.25) is 10.0 Å². The van der Waals surface area contributed by atoms with Gasteiger partial charge in [-0.05, 0) is 37.3 Å². The summed E-state index contributed by atoms with van der Waals surface area (Å²) in [6.45, 7) is 1.77. The van der Waals surface area contributed by atoms with E-state index in [1.54, 1.807) is 25.3 Å². The van der Waals surface area contributed by atoms with E-state index in [1.165, 1.54) is 25.3 Å². The first-order valence-electron chi connectivity index (χ1n) is 6.30. The molecule has 2 aromatic rings. The van der Waals surface area contributed by atoms with Crippen molar-refractivity contribution in [1.29, 1.82) is 0 Å². The average Bonchev–Trinajstić information content (AvgIpc) is 2.90. The number of methoxy groups -OCH3 is 1. The number of furan rings is 1. The fourth-order valence-corrected chi connectivity index (χ4v) is 3.51. The summed E-state index contributed by atoms with van der Waals surface area (Å²) in [6, 6.07) is 7.60. The molecule has 114 valence electrons. The molecule has 0 bridgehead atoms. The minimum atomic E-state index is -3.64.